The Bertz CT molecular complexity index is 1010. The quantitative estimate of drug-likeness (QED) is 0.664. The standard InChI is InChI=1S/C21H22FN5O2/c1-15-6-8-25-27(15)11-7-19(28)26-12-13-29-18(14-26)21-20(23-9-10-24-21)16-4-2-3-5-17(16)22/h2-6,8-10,18H,7,11-14H2,1H3. The van der Waals surface area contributed by atoms with Crippen LogP contribution >= 0.6 is 0 Å². The molecule has 29 heavy (non-hydrogen) atoms. The minimum absolute atomic E-state index is 0.0320. The largest absolute Gasteiger partial charge is 0.368 e. The van der Waals surface area contributed by atoms with Gasteiger partial charge in [-0.15, -0.1) is 0 Å². The van der Waals surface area contributed by atoms with E-state index in [1.165, 1.54) is 12.3 Å². The van der Waals surface area contributed by atoms with Crippen LogP contribution in [0.4, 0.5) is 4.39 Å². The van der Waals surface area contributed by atoms with Crippen LogP contribution < -0.4 is 0 Å². The van der Waals surface area contributed by atoms with Gasteiger partial charge in [-0.05, 0) is 25.1 Å². The van der Waals surface area contributed by atoms with E-state index in [0.29, 0.717) is 49.6 Å². The van der Waals surface area contributed by atoms with Gasteiger partial charge >= 0.3 is 0 Å². The van der Waals surface area contributed by atoms with Crippen molar-refractivity contribution >= 4 is 5.91 Å². The minimum Gasteiger partial charge on any atom is -0.368 e. The third-order valence-electron chi connectivity index (χ3n) is 5.05. The molecule has 1 amide bonds. The molecule has 1 atom stereocenters. The molecule has 1 saturated heterocycles. The van der Waals surface area contributed by atoms with Gasteiger partial charge in [0.05, 0.1) is 24.5 Å². The molecular weight excluding hydrogens is 373 g/mol. The second-order valence-electron chi connectivity index (χ2n) is 6.91. The maximum absolute atomic E-state index is 14.3. The van der Waals surface area contributed by atoms with Crippen molar-refractivity contribution in [2.45, 2.75) is 26.0 Å². The van der Waals surface area contributed by atoms with Crippen LogP contribution in [0.15, 0.2) is 48.9 Å². The number of aryl methyl sites for hydroxylation is 2. The summed E-state index contributed by atoms with van der Waals surface area (Å²) in [4.78, 5) is 23.2. The number of hydrogen-bond donors (Lipinski definition) is 0. The fraction of sp³-hybridized carbons (Fsp3) is 0.333. The molecule has 1 aromatic carbocycles. The van der Waals surface area contributed by atoms with Gasteiger partial charge in [-0.2, -0.15) is 5.10 Å². The van der Waals surface area contributed by atoms with E-state index in [2.05, 4.69) is 15.1 Å². The Morgan fingerprint density at radius 3 is 2.83 bits per heavy atom. The molecule has 150 valence electrons. The van der Waals surface area contributed by atoms with E-state index in [1.807, 2.05) is 17.7 Å². The van der Waals surface area contributed by atoms with Gasteiger partial charge in [0, 0.05) is 49.4 Å². The van der Waals surface area contributed by atoms with E-state index in [1.54, 1.807) is 35.5 Å². The summed E-state index contributed by atoms with van der Waals surface area (Å²) in [6.45, 7) is 3.76. The Kier molecular flexibility index (Phi) is 5.62. The summed E-state index contributed by atoms with van der Waals surface area (Å²) in [5, 5.41) is 4.22. The zero-order chi connectivity index (χ0) is 20.2. The van der Waals surface area contributed by atoms with Gasteiger partial charge in [0.25, 0.3) is 0 Å². The highest BCUT2D eigenvalue weighted by Crippen LogP contribution is 2.30. The smallest absolute Gasteiger partial charge is 0.224 e. The first-order chi connectivity index (χ1) is 14.1. The summed E-state index contributed by atoms with van der Waals surface area (Å²) in [7, 11) is 0. The molecule has 0 saturated carbocycles. The Labute approximate surface area is 168 Å². The highest BCUT2D eigenvalue weighted by molar-refractivity contribution is 5.76. The van der Waals surface area contributed by atoms with Crippen molar-refractivity contribution in [3.05, 3.63) is 66.1 Å². The Hall–Kier alpha value is -3.13. The van der Waals surface area contributed by atoms with Crippen molar-refractivity contribution in [2.24, 2.45) is 0 Å². The summed E-state index contributed by atoms with van der Waals surface area (Å²) < 4.78 is 22.0. The zero-order valence-corrected chi connectivity index (χ0v) is 16.2. The molecule has 1 aliphatic heterocycles. The predicted octanol–water partition coefficient (Wildman–Crippen LogP) is 2.78. The number of nitrogens with zero attached hydrogens (tertiary/aromatic N) is 5. The van der Waals surface area contributed by atoms with Crippen LogP contribution in [0.3, 0.4) is 0 Å². The monoisotopic (exact) mass is 395 g/mol. The van der Waals surface area contributed by atoms with Crippen LogP contribution in [0.25, 0.3) is 11.3 Å². The number of aromatic nitrogens is 4. The van der Waals surface area contributed by atoms with E-state index in [9.17, 15) is 9.18 Å². The summed E-state index contributed by atoms with van der Waals surface area (Å²) in [6, 6.07) is 8.36. The van der Waals surface area contributed by atoms with Gasteiger partial charge in [-0.3, -0.25) is 19.4 Å². The lowest BCUT2D eigenvalue weighted by Gasteiger charge is -2.33. The Balaban J connectivity index is 1.50. The van der Waals surface area contributed by atoms with Gasteiger partial charge in [0.15, 0.2) is 0 Å². The lowest BCUT2D eigenvalue weighted by Crippen LogP contribution is -2.43. The number of amides is 1. The van der Waals surface area contributed by atoms with Crippen molar-refractivity contribution < 1.29 is 13.9 Å². The molecule has 0 bridgehead atoms. The van der Waals surface area contributed by atoms with Crippen LogP contribution in [-0.2, 0) is 16.1 Å². The van der Waals surface area contributed by atoms with Crippen molar-refractivity contribution in [2.75, 3.05) is 19.7 Å². The van der Waals surface area contributed by atoms with E-state index in [4.69, 9.17) is 4.74 Å². The number of hydrogen-bond acceptors (Lipinski definition) is 5. The number of ether oxygens (including phenoxy) is 1. The molecule has 8 heteroatoms. The molecule has 3 aromatic rings. The van der Waals surface area contributed by atoms with E-state index < -0.39 is 6.10 Å². The van der Waals surface area contributed by atoms with Crippen molar-refractivity contribution in [1.29, 1.82) is 0 Å². The lowest BCUT2D eigenvalue weighted by atomic mass is 10.0. The third-order valence-corrected chi connectivity index (χ3v) is 5.05. The van der Waals surface area contributed by atoms with Crippen LogP contribution in [0.2, 0.25) is 0 Å². The van der Waals surface area contributed by atoms with Crippen LogP contribution in [0.1, 0.15) is 23.9 Å². The highest BCUT2D eigenvalue weighted by Gasteiger charge is 2.29. The van der Waals surface area contributed by atoms with E-state index >= 15 is 0 Å². The van der Waals surface area contributed by atoms with Crippen LogP contribution in [0.5, 0.6) is 0 Å². The SMILES string of the molecule is Cc1ccnn1CCC(=O)N1CCOC(c2nccnc2-c2ccccc2F)C1. The summed E-state index contributed by atoms with van der Waals surface area (Å²) in [6.07, 6.45) is 4.72. The maximum Gasteiger partial charge on any atom is 0.224 e. The van der Waals surface area contributed by atoms with Gasteiger partial charge in [0.1, 0.15) is 11.9 Å². The van der Waals surface area contributed by atoms with Crippen LogP contribution in [0, 0.1) is 12.7 Å². The Morgan fingerprint density at radius 1 is 1.21 bits per heavy atom. The van der Waals surface area contributed by atoms with Gasteiger partial charge in [0.2, 0.25) is 5.91 Å². The third kappa shape index (κ3) is 4.17. The fourth-order valence-electron chi connectivity index (χ4n) is 3.48. The summed E-state index contributed by atoms with van der Waals surface area (Å²) in [5.41, 5.74) is 2.37. The molecule has 0 aliphatic carbocycles. The first-order valence-corrected chi connectivity index (χ1v) is 9.57. The second-order valence-corrected chi connectivity index (χ2v) is 6.91. The molecule has 7 nitrogen and oxygen atoms in total. The van der Waals surface area contributed by atoms with Gasteiger partial charge in [-0.1, -0.05) is 12.1 Å². The summed E-state index contributed by atoms with van der Waals surface area (Å²) in [5.74, 6) is -0.336. The number of morpholine rings is 1. The molecule has 0 spiro atoms. The Morgan fingerprint density at radius 2 is 2.03 bits per heavy atom. The molecule has 2 aromatic heterocycles. The number of rotatable bonds is 5. The van der Waals surface area contributed by atoms with Crippen molar-refractivity contribution in [3.63, 3.8) is 0 Å². The normalized spacial score (nSPS) is 16.8. The van der Waals surface area contributed by atoms with Crippen molar-refractivity contribution in [1.82, 2.24) is 24.6 Å². The highest BCUT2D eigenvalue weighted by atomic mass is 19.1. The minimum atomic E-state index is -0.456. The fourth-order valence-corrected chi connectivity index (χ4v) is 3.48. The average molecular weight is 395 g/mol. The second kappa shape index (κ2) is 8.48. The predicted molar refractivity (Wildman–Crippen MR) is 104 cm³/mol. The molecule has 0 radical (unpaired) electrons. The molecule has 0 N–H and O–H groups in total. The lowest BCUT2D eigenvalue weighted by molar-refractivity contribution is -0.139. The first-order valence-electron chi connectivity index (χ1n) is 9.57. The average Bonchev–Trinajstić information content (AvgIpc) is 3.17. The zero-order valence-electron chi connectivity index (χ0n) is 16.2. The number of carbonyl (C=O) groups is 1. The van der Waals surface area contributed by atoms with E-state index in [-0.39, 0.29) is 11.7 Å². The van der Waals surface area contributed by atoms with Gasteiger partial charge in [-0.25, -0.2) is 4.39 Å². The van der Waals surface area contributed by atoms with Crippen molar-refractivity contribution in [3.8, 4) is 11.3 Å². The number of carbonyl (C=O) groups excluding carboxylic acids is 1. The molecule has 3 heterocycles. The molecule has 4 rings (SSSR count). The first kappa shape index (κ1) is 19.2. The topological polar surface area (TPSA) is 73.1 Å². The van der Waals surface area contributed by atoms with E-state index in [0.717, 1.165) is 5.69 Å². The molecule has 1 aliphatic rings. The number of benzene rings is 1. The van der Waals surface area contributed by atoms with Crippen LogP contribution in [-0.4, -0.2) is 50.3 Å². The molecular formula is C21H22FN5O2. The summed E-state index contributed by atoms with van der Waals surface area (Å²) >= 11 is 0. The molecule has 1 unspecified atom stereocenters. The maximum atomic E-state index is 14.3. The number of halogens is 1. The molecule has 1 fully saturated rings. The van der Waals surface area contributed by atoms with Gasteiger partial charge < -0.3 is 9.64 Å².